The van der Waals surface area contributed by atoms with Gasteiger partial charge in [0.15, 0.2) is 0 Å². The van der Waals surface area contributed by atoms with E-state index in [2.05, 4.69) is 69.5 Å². The van der Waals surface area contributed by atoms with E-state index >= 15 is 0 Å². The van der Waals surface area contributed by atoms with Crippen LogP contribution in [0.4, 0.5) is 0 Å². The number of hydrogen-bond acceptors (Lipinski definition) is 5. The normalized spacial score (nSPS) is 12.7. The Balaban J connectivity index is 1.70. The van der Waals surface area contributed by atoms with Gasteiger partial charge in [-0.05, 0) is 64.4 Å². The fourth-order valence-corrected chi connectivity index (χ4v) is 7.67. The molecular weight excluding hydrogens is 424 g/mol. The van der Waals surface area contributed by atoms with E-state index in [1.54, 1.807) is 6.33 Å². The zero-order chi connectivity index (χ0) is 20.6. The van der Waals surface area contributed by atoms with E-state index in [0.29, 0.717) is 0 Å². The molecule has 5 heteroatoms. The lowest BCUT2D eigenvalue weighted by atomic mass is 9.85. The maximum Gasteiger partial charge on any atom is 0.116 e. The largest absolute Gasteiger partial charge is 0.235 e. The van der Waals surface area contributed by atoms with E-state index < -0.39 is 0 Å². The number of rotatable bonds is 1. The summed E-state index contributed by atoms with van der Waals surface area (Å²) >= 11 is 5.50. The number of benzene rings is 2. The van der Waals surface area contributed by atoms with Gasteiger partial charge in [-0.25, -0.2) is 9.97 Å². The van der Waals surface area contributed by atoms with Gasteiger partial charge in [0.25, 0.3) is 0 Å². The Morgan fingerprint density at radius 1 is 0.833 bits per heavy atom. The minimum Gasteiger partial charge on any atom is -0.235 e. The standard InChI is InChI=1S/C25H20N2S3/c1-13-9-14-5-6-18-19(23(14)29-13)21-24(30-18)20(26-12-27-21)16-10-15-7-8-28-22(15)17(11-16)25(2,3)4/h5-12H,1-4H3. The summed E-state index contributed by atoms with van der Waals surface area (Å²) in [5.41, 5.74) is 4.76. The van der Waals surface area contributed by atoms with Gasteiger partial charge in [-0.15, -0.1) is 34.0 Å². The van der Waals surface area contributed by atoms with Crippen molar-refractivity contribution in [1.29, 1.82) is 0 Å². The number of nitrogens with zero attached hydrogens (tertiary/aromatic N) is 2. The van der Waals surface area contributed by atoms with Crippen LogP contribution < -0.4 is 0 Å². The second-order valence-corrected chi connectivity index (χ2v) is 12.1. The second kappa shape index (κ2) is 6.33. The number of hydrogen-bond donors (Lipinski definition) is 0. The predicted octanol–water partition coefficient (Wildman–Crippen LogP) is 8.55. The van der Waals surface area contributed by atoms with Crippen molar-refractivity contribution in [3.63, 3.8) is 0 Å². The fraction of sp³-hybridized carbons (Fsp3) is 0.200. The highest BCUT2D eigenvalue weighted by atomic mass is 32.1. The molecule has 4 heterocycles. The minimum atomic E-state index is 0.0755. The van der Waals surface area contributed by atoms with Gasteiger partial charge in [0.1, 0.15) is 6.33 Å². The summed E-state index contributed by atoms with van der Waals surface area (Å²) in [6, 6.07) is 13.6. The molecule has 0 aliphatic heterocycles. The Morgan fingerprint density at radius 2 is 1.67 bits per heavy atom. The SMILES string of the molecule is Cc1cc2ccc3sc4c(-c5cc(C(C)(C)C)c6sccc6c5)ncnc4c3c2s1. The molecule has 0 N–H and O–H groups in total. The van der Waals surface area contributed by atoms with Gasteiger partial charge in [0.05, 0.1) is 15.9 Å². The molecule has 0 amide bonds. The van der Waals surface area contributed by atoms with E-state index in [9.17, 15) is 0 Å². The summed E-state index contributed by atoms with van der Waals surface area (Å²) < 4.78 is 5.18. The minimum absolute atomic E-state index is 0.0755. The average Bonchev–Trinajstić information content (AvgIpc) is 3.40. The van der Waals surface area contributed by atoms with Crippen LogP contribution >= 0.6 is 34.0 Å². The second-order valence-electron chi connectivity index (χ2n) is 8.83. The van der Waals surface area contributed by atoms with Gasteiger partial charge in [0, 0.05) is 29.9 Å². The highest BCUT2D eigenvalue weighted by Gasteiger charge is 2.21. The summed E-state index contributed by atoms with van der Waals surface area (Å²) in [4.78, 5) is 10.9. The van der Waals surface area contributed by atoms with Gasteiger partial charge >= 0.3 is 0 Å². The lowest BCUT2D eigenvalue weighted by molar-refractivity contribution is 0.597. The molecule has 0 spiro atoms. The first kappa shape index (κ1) is 18.4. The van der Waals surface area contributed by atoms with E-state index in [4.69, 9.17) is 9.97 Å². The zero-order valence-electron chi connectivity index (χ0n) is 17.2. The van der Waals surface area contributed by atoms with E-state index in [1.807, 2.05) is 34.0 Å². The van der Waals surface area contributed by atoms with E-state index in [0.717, 1.165) is 11.2 Å². The molecule has 0 fully saturated rings. The number of aromatic nitrogens is 2. The first-order valence-corrected chi connectivity index (χ1v) is 12.5. The zero-order valence-corrected chi connectivity index (χ0v) is 19.7. The Bertz CT molecular complexity index is 1590. The fourth-order valence-electron chi connectivity index (χ4n) is 4.26. The van der Waals surface area contributed by atoms with Crippen LogP contribution in [0.2, 0.25) is 0 Å². The summed E-state index contributed by atoms with van der Waals surface area (Å²) in [6.07, 6.45) is 1.73. The highest BCUT2D eigenvalue weighted by molar-refractivity contribution is 7.28. The molecular formula is C25H20N2S3. The summed E-state index contributed by atoms with van der Waals surface area (Å²) in [5, 5.41) is 6.07. The molecule has 0 radical (unpaired) electrons. The van der Waals surface area contributed by atoms with Gasteiger partial charge in [0.2, 0.25) is 0 Å². The lowest BCUT2D eigenvalue weighted by Gasteiger charge is -2.21. The van der Waals surface area contributed by atoms with Gasteiger partial charge in [-0.2, -0.15) is 0 Å². The Labute approximate surface area is 186 Å². The number of aryl methyl sites for hydroxylation is 1. The van der Waals surface area contributed by atoms with Crippen molar-refractivity contribution in [2.24, 2.45) is 0 Å². The van der Waals surface area contributed by atoms with E-state index in [1.165, 1.54) is 51.0 Å². The van der Waals surface area contributed by atoms with Gasteiger partial charge in [-0.1, -0.05) is 26.8 Å². The van der Waals surface area contributed by atoms with Crippen LogP contribution in [-0.4, -0.2) is 9.97 Å². The molecule has 0 unspecified atom stereocenters. The van der Waals surface area contributed by atoms with Crippen LogP contribution in [0, 0.1) is 6.92 Å². The molecule has 0 saturated carbocycles. The first-order valence-electron chi connectivity index (χ1n) is 9.98. The molecule has 148 valence electrons. The molecule has 0 saturated heterocycles. The van der Waals surface area contributed by atoms with Gasteiger partial charge < -0.3 is 0 Å². The molecule has 0 bridgehead atoms. The van der Waals surface area contributed by atoms with Gasteiger partial charge in [-0.3, -0.25) is 0 Å². The van der Waals surface area contributed by atoms with Crippen molar-refractivity contribution in [3.05, 3.63) is 58.5 Å². The molecule has 0 aliphatic rings. The van der Waals surface area contributed by atoms with Crippen LogP contribution in [0.3, 0.4) is 0 Å². The van der Waals surface area contributed by atoms with Crippen molar-refractivity contribution >= 4 is 74.5 Å². The van der Waals surface area contributed by atoms with Crippen LogP contribution in [-0.2, 0) is 5.41 Å². The monoisotopic (exact) mass is 444 g/mol. The molecule has 4 aromatic heterocycles. The smallest absolute Gasteiger partial charge is 0.116 e. The van der Waals surface area contributed by atoms with Crippen molar-refractivity contribution < 1.29 is 0 Å². The molecule has 6 rings (SSSR count). The van der Waals surface area contributed by atoms with Crippen molar-refractivity contribution in [2.75, 3.05) is 0 Å². The van der Waals surface area contributed by atoms with Crippen molar-refractivity contribution in [2.45, 2.75) is 33.1 Å². The van der Waals surface area contributed by atoms with Crippen molar-refractivity contribution in [3.8, 4) is 11.3 Å². The Morgan fingerprint density at radius 3 is 2.50 bits per heavy atom. The van der Waals surface area contributed by atoms with Crippen LogP contribution in [0.1, 0.15) is 31.2 Å². The van der Waals surface area contributed by atoms with Crippen LogP contribution in [0.15, 0.2) is 48.1 Å². The third-order valence-electron chi connectivity index (χ3n) is 5.66. The number of fused-ring (bicyclic) bond motifs is 6. The van der Waals surface area contributed by atoms with Crippen LogP contribution in [0.5, 0.6) is 0 Å². The quantitative estimate of drug-likeness (QED) is 0.254. The molecule has 0 atom stereocenters. The molecule has 30 heavy (non-hydrogen) atoms. The topological polar surface area (TPSA) is 25.8 Å². The first-order chi connectivity index (χ1) is 14.4. The molecule has 0 aliphatic carbocycles. The van der Waals surface area contributed by atoms with Crippen LogP contribution in [0.25, 0.3) is 51.7 Å². The molecule has 2 nitrogen and oxygen atoms in total. The Hall–Kier alpha value is -2.34. The van der Waals surface area contributed by atoms with E-state index in [-0.39, 0.29) is 5.41 Å². The summed E-state index contributed by atoms with van der Waals surface area (Å²) in [7, 11) is 0. The third kappa shape index (κ3) is 2.66. The molecule has 2 aromatic carbocycles. The summed E-state index contributed by atoms with van der Waals surface area (Å²) in [5.74, 6) is 0. The highest BCUT2D eigenvalue weighted by Crippen LogP contribution is 2.44. The third-order valence-corrected chi connectivity index (χ3v) is 8.86. The lowest BCUT2D eigenvalue weighted by Crippen LogP contribution is -2.11. The predicted molar refractivity (Wildman–Crippen MR) is 135 cm³/mol. The number of thiophene rings is 3. The summed E-state index contributed by atoms with van der Waals surface area (Å²) in [6.45, 7) is 9.04. The maximum atomic E-state index is 4.78. The molecule has 6 aromatic rings. The van der Waals surface area contributed by atoms with Crippen molar-refractivity contribution in [1.82, 2.24) is 9.97 Å². The Kier molecular flexibility index (Phi) is 3.89. The average molecular weight is 445 g/mol. The maximum absolute atomic E-state index is 4.78.